The SMILES string of the molecule is COC(=O)C[C@H](NP(=O)(O)OCCC#N)C(=O)OC. The van der Waals surface area contributed by atoms with Crippen molar-refractivity contribution in [2.45, 2.75) is 18.9 Å². The first kappa shape index (κ1) is 17.5. The van der Waals surface area contributed by atoms with Gasteiger partial charge in [-0.2, -0.15) is 5.26 Å². The van der Waals surface area contributed by atoms with Gasteiger partial charge in [0.05, 0.1) is 39.7 Å². The van der Waals surface area contributed by atoms with Crippen LogP contribution >= 0.6 is 7.75 Å². The number of carbonyl (C=O) groups is 2. The molecule has 0 aliphatic heterocycles. The van der Waals surface area contributed by atoms with Crippen molar-refractivity contribution in [2.75, 3.05) is 20.8 Å². The average Bonchev–Trinajstić information content (AvgIpc) is 2.36. The molecule has 108 valence electrons. The molecule has 0 rings (SSSR count). The first-order valence-electron chi connectivity index (χ1n) is 5.13. The monoisotopic (exact) mass is 294 g/mol. The molecule has 0 fully saturated rings. The van der Waals surface area contributed by atoms with E-state index in [2.05, 4.69) is 14.0 Å². The molecule has 0 saturated carbocycles. The fraction of sp³-hybridized carbons (Fsp3) is 0.667. The molecule has 0 aromatic rings. The third-order valence-corrected chi connectivity index (χ3v) is 3.05. The highest BCUT2D eigenvalue weighted by Crippen LogP contribution is 2.37. The summed E-state index contributed by atoms with van der Waals surface area (Å²) in [5, 5.41) is 10.2. The van der Waals surface area contributed by atoms with E-state index in [4.69, 9.17) is 5.26 Å². The summed E-state index contributed by atoms with van der Waals surface area (Å²) < 4.78 is 24.8. The predicted molar refractivity (Wildman–Crippen MR) is 61.6 cm³/mol. The molecule has 0 radical (unpaired) electrons. The van der Waals surface area contributed by atoms with Gasteiger partial charge in [0, 0.05) is 0 Å². The molecule has 0 spiro atoms. The Labute approximate surface area is 110 Å². The van der Waals surface area contributed by atoms with E-state index in [1.807, 2.05) is 5.09 Å². The number of methoxy groups -OCH3 is 2. The topological polar surface area (TPSA) is 135 Å². The summed E-state index contributed by atoms with van der Waals surface area (Å²) in [5.74, 6) is -1.68. The number of esters is 2. The van der Waals surface area contributed by atoms with Crippen molar-refractivity contribution in [3.05, 3.63) is 0 Å². The third kappa shape index (κ3) is 7.54. The van der Waals surface area contributed by atoms with Crippen molar-refractivity contribution in [1.29, 1.82) is 5.26 Å². The van der Waals surface area contributed by atoms with Gasteiger partial charge in [-0.25, -0.2) is 9.65 Å². The maximum Gasteiger partial charge on any atom is 0.403 e. The molecule has 9 nitrogen and oxygen atoms in total. The molecule has 0 aliphatic rings. The van der Waals surface area contributed by atoms with Crippen molar-refractivity contribution in [3.63, 3.8) is 0 Å². The largest absolute Gasteiger partial charge is 0.469 e. The molecule has 10 heteroatoms. The van der Waals surface area contributed by atoms with E-state index in [0.29, 0.717) is 0 Å². The molecule has 1 unspecified atom stereocenters. The Kier molecular flexibility index (Phi) is 7.95. The molecule has 19 heavy (non-hydrogen) atoms. The normalized spacial score (nSPS) is 14.8. The zero-order valence-electron chi connectivity index (χ0n) is 10.5. The number of carbonyl (C=O) groups excluding carboxylic acids is 2. The summed E-state index contributed by atoms with van der Waals surface area (Å²) in [6, 6.07) is 0.339. The van der Waals surface area contributed by atoms with Gasteiger partial charge in [-0.15, -0.1) is 0 Å². The van der Waals surface area contributed by atoms with Gasteiger partial charge in [0.15, 0.2) is 0 Å². The number of ether oxygens (including phenoxy) is 2. The smallest absolute Gasteiger partial charge is 0.403 e. The second-order valence-electron chi connectivity index (χ2n) is 3.25. The fourth-order valence-electron chi connectivity index (χ4n) is 1.02. The van der Waals surface area contributed by atoms with Crippen molar-refractivity contribution >= 4 is 19.7 Å². The number of hydrogen-bond acceptors (Lipinski definition) is 7. The molecule has 0 aromatic carbocycles. The third-order valence-electron chi connectivity index (χ3n) is 1.88. The molecule has 0 heterocycles. The summed E-state index contributed by atoms with van der Waals surface area (Å²) >= 11 is 0. The average molecular weight is 294 g/mol. The number of nitrogens with zero attached hydrogens (tertiary/aromatic N) is 1. The van der Waals surface area contributed by atoms with Gasteiger partial charge in [-0.1, -0.05) is 0 Å². The molecule has 0 bridgehead atoms. The van der Waals surface area contributed by atoms with Crippen molar-refractivity contribution in [2.24, 2.45) is 0 Å². The zero-order valence-corrected chi connectivity index (χ0v) is 11.4. The minimum atomic E-state index is -4.32. The standard InChI is InChI=1S/C9H15N2O7P/c1-16-8(12)6-7(9(13)17-2)11-19(14,15)18-5-3-4-10/h7H,3,5-6H2,1-2H3,(H2,11,14,15)/t7-/m0/s1. The first-order chi connectivity index (χ1) is 8.86. The zero-order chi connectivity index (χ0) is 14.9. The van der Waals surface area contributed by atoms with Gasteiger partial charge in [0.1, 0.15) is 6.04 Å². The Hall–Kier alpha value is -1.46. The number of nitrogens with one attached hydrogen (secondary N) is 1. The van der Waals surface area contributed by atoms with Gasteiger partial charge < -0.3 is 14.4 Å². The Morgan fingerprint density at radius 2 is 2.05 bits per heavy atom. The van der Waals surface area contributed by atoms with Crippen LogP contribution < -0.4 is 5.09 Å². The summed E-state index contributed by atoms with van der Waals surface area (Å²) in [6.45, 7) is -0.288. The molecule has 0 saturated heterocycles. The highest BCUT2D eigenvalue weighted by molar-refractivity contribution is 7.50. The van der Waals surface area contributed by atoms with Crippen molar-refractivity contribution in [3.8, 4) is 6.07 Å². The quantitative estimate of drug-likeness (QED) is 0.351. The highest BCUT2D eigenvalue weighted by Gasteiger charge is 2.31. The summed E-state index contributed by atoms with van der Waals surface area (Å²) in [6.07, 6.45) is -0.582. The van der Waals surface area contributed by atoms with Crippen LogP contribution in [0.3, 0.4) is 0 Å². The minimum Gasteiger partial charge on any atom is -0.469 e. The lowest BCUT2D eigenvalue weighted by Crippen LogP contribution is -2.38. The van der Waals surface area contributed by atoms with Gasteiger partial charge in [0.25, 0.3) is 0 Å². The molecule has 0 aliphatic carbocycles. The van der Waals surface area contributed by atoms with Crippen LogP contribution in [0.15, 0.2) is 0 Å². The van der Waals surface area contributed by atoms with Crippen LogP contribution in [0.1, 0.15) is 12.8 Å². The van der Waals surface area contributed by atoms with Crippen LogP contribution in [-0.4, -0.2) is 43.7 Å². The molecule has 2 atom stereocenters. The number of hydrogen-bond donors (Lipinski definition) is 2. The van der Waals surface area contributed by atoms with E-state index in [-0.39, 0.29) is 13.0 Å². The second-order valence-corrected chi connectivity index (χ2v) is 4.80. The Bertz CT molecular complexity index is 406. The lowest BCUT2D eigenvalue weighted by atomic mass is 10.2. The number of rotatable bonds is 8. The van der Waals surface area contributed by atoms with Gasteiger partial charge in [-0.05, 0) is 0 Å². The van der Waals surface area contributed by atoms with Crippen LogP contribution in [0.5, 0.6) is 0 Å². The van der Waals surface area contributed by atoms with E-state index in [1.54, 1.807) is 6.07 Å². The Balaban J connectivity index is 4.62. The van der Waals surface area contributed by atoms with Gasteiger partial charge in [-0.3, -0.25) is 14.1 Å². The second kappa shape index (κ2) is 8.61. The molecule has 0 aromatic heterocycles. The predicted octanol–water partition coefficient (Wildman–Crippen LogP) is -0.289. The van der Waals surface area contributed by atoms with E-state index in [9.17, 15) is 19.0 Å². The van der Waals surface area contributed by atoms with E-state index in [0.717, 1.165) is 14.2 Å². The highest BCUT2D eigenvalue weighted by atomic mass is 31.2. The van der Waals surface area contributed by atoms with Crippen LogP contribution in [0, 0.1) is 11.3 Å². The van der Waals surface area contributed by atoms with Crippen LogP contribution in [-0.2, 0) is 28.2 Å². The number of nitriles is 1. The molecule has 0 amide bonds. The van der Waals surface area contributed by atoms with Crippen LogP contribution in [0.2, 0.25) is 0 Å². The molecule has 2 N–H and O–H groups in total. The maximum absolute atomic E-state index is 11.5. The van der Waals surface area contributed by atoms with Gasteiger partial charge >= 0.3 is 19.7 Å². The van der Waals surface area contributed by atoms with Crippen LogP contribution in [0.25, 0.3) is 0 Å². The lowest BCUT2D eigenvalue weighted by Gasteiger charge is -2.18. The summed E-state index contributed by atoms with van der Waals surface area (Å²) in [7, 11) is -2.15. The maximum atomic E-state index is 11.5. The lowest BCUT2D eigenvalue weighted by molar-refractivity contribution is -0.149. The van der Waals surface area contributed by atoms with Crippen LogP contribution in [0.4, 0.5) is 0 Å². The van der Waals surface area contributed by atoms with Crippen molar-refractivity contribution in [1.82, 2.24) is 5.09 Å². The summed E-state index contributed by atoms with van der Waals surface area (Å²) in [4.78, 5) is 31.8. The molecular weight excluding hydrogens is 279 g/mol. The molecular formula is C9H15N2O7P. The van der Waals surface area contributed by atoms with E-state index < -0.39 is 32.1 Å². The Morgan fingerprint density at radius 1 is 1.42 bits per heavy atom. The van der Waals surface area contributed by atoms with Gasteiger partial charge in [0.2, 0.25) is 0 Å². The fourth-order valence-corrected chi connectivity index (χ4v) is 2.03. The van der Waals surface area contributed by atoms with E-state index in [1.165, 1.54) is 0 Å². The summed E-state index contributed by atoms with van der Waals surface area (Å²) in [5.41, 5.74) is 0. The minimum absolute atomic E-state index is 0.0911. The van der Waals surface area contributed by atoms with Crippen molar-refractivity contribution < 1.29 is 33.0 Å². The first-order valence-corrected chi connectivity index (χ1v) is 6.70. The Morgan fingerprint density at radius 3 is 2.53 bits per heavy atom. The van der Waals surface area contributed by atoms with E-state index >= 15 is 0 Å².